The third kappa shape index (κ3) is 3.52. The first-order valence-corrected chi connectivity index (χ1v) is 8.51. The summed E-state index contributed by atoms with van der Waals surface area (Å²) in [7, 11) is 0. The molecule has 22 heavy (non-hydrogen) atoms. The first kappa shape index (κ1) is 15.1. The van der Waals surface area contributed by atoms with Crippen LogP contribution in [0.1, 0.15) is 17.4 Å². The smallest absolute Gasteiger partial charge is 0.119 e. The van der Waals surface area contributed by atoms with E-state index in [0.717, 1.165) is 17.2 Å². The molecule has 0 spiro atoms. The quantitative estimate of drug-likeness (QED) is 0.553. The average Bonchev–Trinajstić information content (AvgIpc) is 2.99. The summed E-state index contributed by atoms with van der Waals surface area (Å²) in [6.45, 7) is 2.69. The van der Waals surface area contributed by atoms with Gasteiger partial charge in [-0.15, -0.1) is 11.3 Å². The molecule has 3 heteroatoms. The molecule has 0 amide bonds. The van der Waals surface area contributed by atoms with Gasteiger partial charge in [-0.1, -0.05) is 41.9 Å². The number of rotatable bonds is 5. The highest BCUT2D eigenvalue weighted by atomic mass is 35.5. The zero-order valence-electron chi connectivity index (χ0n) is 12.4. The molecule has 0 radical (unpaired) electrons. The van der Waals surface area contributed by atoms with Gasteiger partial charge >= 0.3 is 0 Å². The minimum atomic E-state index is 0.686. The van der Waals surface area contributed by atoms with Gasteiger partial charge in [-0.3, -0.25) is 0 Å². The molecule has 112 valence electrons. The third-order valence-electron chi connectivity index (χ3n) is 3.41. The van der Waals surface area contributed by atoms with Crippen LogP contribution in [0.4, 0.5) is 0 Å². The molecule has 0 bridgehead atoms. The van der Waals surface area contributed by atoms with Crippen LogP contribution in [0.5, 0.6) is 5.75 Å². The number of benzene rings is 2. The van der Waals surface area contributed by atoms with Crippen LogP contribution in [0, 0.1) is 0 Å². The molecule has 0 unspecified atom stereocenters. The Labute approximate surface area is 140 Å². The maximum atomic E-state index is 6.24. The number of halogens is 1. The maximum absolute atomic E-state index is 6.24. The van der Waals surface area contributed by atoms with E-state index in [-0.39, 0.29) is 0 Å². The second-order valence-corrected chi connectivity index (χ2v) is 6.57. The van der Waals surface area contributed by atoms with Crippen molar-refractivity contribution in [3.05, 3.63) is 76.1 Å². The van der Waals surface area contributed by atoms with Crippen molar-refractivity contribution < 1.29 is 4.74 Å². The minimum Gasteiger partial charge on any atom is -0.494 e. The van der Waals surface area contributed by atoms with Crippen LogP contribution in [0.3, 0.4) is 0 Å². The molecule has 0 fully saturated rings. The van der Waals surface area contributed by atoms with Gasteiger partial charge in [-0.05, 0) is 48.4 Å². The van der Waals surface area contributed by atoms with Crippen LogP contribution in [-0.4, -0.2) is 6.61 Å². The summed E-state index contributed by atoms with van der Waals surface area (Å²) in [4.78, 5) is 2.56. The van der Waals surface area contributed by atoms with Crippen molar-refractivity contribution in [1.29, 1.82) is 0 Å². The van der Waals surface area contributed by atoms with Crippen LogP contribution in [0.15, 0.2) is 60.7 Å². The molecule has 3 rings (SSSR count). The minimum absolute atomic E-state index is 0.686. The third-order valence-corrected chi connectivity index (χ3v) is 4.92. The Bertz CT molecular complexity index is 763. The molecule has 0 aliphatic carbocycles. The molecule has 0 aliphatic rings. The van der Waals surface area contributed by atoms with E-state index in [1.54, 1.807) is 11.3 Å². The summed E-state index contributed by atoms with van der Waals surface area (Å²) < 4.78 is 5.57. The van der Waals surface area contributed by atoms with Crippen LogP contribution < -0.4 is 4.74 Å². The van der Waals surface area contributed by atoms with Gasteiger partial charge in [-0.2, -0.15) is 0 Å². The standard InChI is InChI=1S/C19H17ClOS/c1-2-21-16-8-5-7-15(12-16)19-11-10-17(22-19)13-14-6-3-4-9-18(14)20/h3-12H,2,13H2,1H3. The largest absolute Gasteiger partial charge is 0.494 e. The second-order valence-electron chi connectivity index (χ2n) is 4.99. The van der Waals surface area contributed by atoms with E-state index < -0.39 is 0 Å². The molecule has 1 nitrogen and oxygen atoms in total. The van der Waals surface area contributed by atoms with Crippen molar-refractivity contribution in [3.8, 4) is 16.2 Å². The van der Waals surface area contributed by atoms with Gasteiger partial charge in [0.2, 0.25) is 0 Å². The first-order chi connectivity index (χ1) is 10.8. The van der Waals surface area contributed by atoms with Gasteiger partial charge in [0.25, 0.3) is 0 Å². The van der Waals surface area contributed by atoms with Gasteiger partial charge in [0, 0.05) is 21.2 Å². The van der Waals surface area contributed by atoms with Gasteiger partial charge < -0.3 is 4.74 Å². The predicted molar refractivity (Wildman–Crippen MR) is 95.2 cm³/mol. The fourth-order valence-corrected chi connectivity index (χ4v) is 3.59. The lowest BCUT2D eigenvalue weighted by molar-refractivity contribution is 0.340. The van der Waals surface area contributed by atoms with E-state index in [1.165, 1.54) is 20.9 Å². The number of hydrogen-bond acceptors (Lipinski definition) is 2. The molecule has 0 aliphatic heterocycles. The summed E-state index contributed by atoms with van der Waals surface area (Å²) in [6, 6.07) is 20.6. The summed E-state index contributed by atoms with van der Waals surface area (Å²) >= 11 is 8.04. The van der Waals surface area contributed by atoms with Crippen molar-refractivity contribution in [2.75, 3.05) is 6.61 Å². The molecule has 0 saturated carbocycles. The Balaban J connectivity index is 1.82. The molecule has 0 atom stereocenters. The Morgan fingerprint density at radius 3 is 2.68 bits per heavy atom. The first-order valence-electron chi connectivity index (χ1n) is 7.31. The van der Waals surface area contributed by atoms with E-state index in [2.05, 4.69) is 30.3 Å². The summed E-state index contributed by atoms with van der Waals surface area (Å²) in [5, 5.41) is 0.829. The van der Waals surface area contributed by atoms with Crippen LogP contribution in [0.2, 0.25) is 5.02 Å². The lowest BCUT2D eigenvalue weighted by Crippen LogP contribution is -1.90. The Kier molecular flexibility index (Phi) is 4.81. The predicted octanol–water partition coefficient (Wildman–Crippen LogP) is 6.06. The van der Waals surface area contributed by atoms with Crippen molar-refractivity contribution in [3.63, 3.8) is 0 Å². The number of ether oxygens (including phenoxy) is 1. The molecule has 2 aromatic carbocycles. The Morgan fingerprint density at radius 2 is 1.86 bits per heavy atom. The van der Waals surface area contributed by atoms with E-state index in [4.69, 9.17) is 16.3 Å². The van der Waals surface area contributed by atoms with Crippen LogP contribution >= 0.6 is 22.9 Å². The van der Waals surface area contributed by atoms with Crippen molar-refractivity contribution >= 4 is 22.9 Å². The van der Waals surface area contributed by atoms with Crippen LogP contribution in [0.25, 0.3) is 10.4 Å². The van der Waals surface area contributed by atoms with Crippen LogP contribution in [-0.2, 0) is 6.42 Å². The Hall–Kier alpha value is -1.77. The fourth-order valence-electron chi connectivity index (χ4n) is 2.36. The molecule has 1 heterocycles. The van der Waals surface area contributed by atoms with Gasteiger partial charge in [0.05, 0.1) is 6.61 Å². The molecule has 3 aromatic rings. The van der Waals surface area contributed by atoms with Crippen molar-refractivity contribution in [2.45, 2.75) is 13.3 Å². The average molecular weight is 329 g/mol. The lowest BCUT2D eigenvalue weighted by Gasteiger charge is -2.04. The highest BCUT2D eigenvalue weighted by molar-refractivity contribution is 7.15. The van der Waals surface area contributed by atoms with Crippen molar-refractivity contribution in [1.82, 2.24) is 0 Å². The lowest BCUT2D eigenvalue weighted by atomic mass is 10.1. The normalized spacial score (nSPS) is 10.6. The molecule has 0 N–H and O–H groups in total. The van der Waals surface area contributed by atoms with E-state index >= 15 is 0 Å². The number of thiophene rings is 1. The second kappa shape index (κ2) is 6.99. The zero-order chi connectivity index (χ0) is 15.4. The van der Waals surface area contributed by atoms with E-state index in [9.17, 15) is 0 Å². The zero-order valence-corrected chi connectivity index (χ0v) is 14.0. The molecular weight excluding hydrogens is 312 g/mol. The summed E-state index contributed by atoms with van der Waals surface area (Å²) in [6.07, 6.45) is 0.871. The highest BCUT2D eigenvalue weighted by Gasteiger charge is 2.07. The SMILES string of the molecule is CCOc1cccc(-c2ccc(Cc3ccccc3Cl)s2)c1. The van der Waals surface area contributed by atoms with E-state index in [1.807, 2.05) is 37.3 Å². The summed E-state index contributed by atoms with van der Waals surface area (Å²) in [5.74, 6) is 0.918. The summed E-state index contributed by atoms with van der Waals surface area (Å²) in [5.41, 5.74) is 2.36. The highest BCUT2D eigenvalue weighted by Crippen LogP contribution is 2.32. The number of hydrogen-bond donors (Lipinski definition) is 0. The molecule has 0 saturated heterocycles. The fraction of sp³-hybridized carbons (Fsp3) is 0.158. The topological polar surface area (TPSA) is 9.23 Å². The van der Waals surface area contributed by atoms with Gasteiger partial charge in [0.15, 0.2) is 0 Å². The van der Waals surface area contributed by atoms with Crippen molar-refractivity contribution in [2.24, 2.45) is 0 Å². The van der Waals surface area contributed by atoms with E-state index in [0.29, 0.717) is 6.61 Å². The van der Waals surface area contributed by atoms with Gasteiger partial charge in [-0.25, -0.2) is 0 Å². The molecule has 1 aromatic heterocycles. The molecular formula is C19H17ClOS. The van der Waals surface area contributed by atoms with Gasteiger partial charge in [0.1, 0.15) is 5.75 Å². The monoisotopic (exact) mass is 328 g/mol. The maximum Gasteiger partial charge on any atom is 0.119 e. The Morgan fingerprint density at radius 1 is 1.00 bits per heavy atom.